The van der Waals surface area contributed by atoms with Crippen molar-refractivity contribution < 1.29 is 9.53 Å². The molecule has 0 radical (unpaired) electrons. The molecule has 2 rings (SSSR count). The van der Waals surface area contributed by atoms with Crippen molar-refractivity contribution >= 4 is 5.78 Å². The summed E-state index contributed by atoms with van der Waals surface area (Å²) in [5.41, 5.74) is 2.12. The molecule has 1 fully saturated rings. The average Bonchev–Trinajstić information content (AvgIpc) is 2.65. The van der Waals surface area contributed by atoms with Crippen molar-refractivity contribution in [3.8, 4) is 5.75 Å². The zero-order valence-electron chi connectivity index (χ0n) is 12.3. The number of ketones is 1. The minimum absolute atomic E-state index is 0.332. The lowest BCUT2D eigenvalue weighted by Crippen LogP contribution is -2.42. The number of likely N-dealkylation sites (tertiary alicyclic amines) is 1. The molecule has 0 bridgehead atoms. The molecule has 1 aliphatic rings. The highest BCUT2D eigenvalue weighted by atomic mass is 16.5. The number of benzene rings is 1. The van der Waals surface area contributed by atoms with Crippen molar-refractivity contribution in [1.82, 2.24) is 4.90 Å². The van der Waals surface area contributed by atoms with E-state index in [2.05, 4.69) is 24.0 Å². The van der Waals surface area contributed by atoms with Crippen molar-refractivity contribution in [2.24, 2.45) is 0 Å². The third-order valence-corrected chi connectivity index (χ3v) is 4.20. The van der Waals surface area contributed by atoms with Crippen LogP contribution in [0.3, 0.4) is 0 Å². The Bertz CT molecular complexity index is 480. The number of ether oxygens (including phenoxy) is 1. The molecule has 19 heavy (non-hydrogen) atoms. The number of carbonyl (C=O) groups excluding carboxylic acids is 1. The Morgan fingerprint density at radius 2 is 2.11 bits per heavy atom. The van der Waals surface area contributed by atoms with Crippen LogP contribution in [0.2, 0.25) is 0 Å². The molecule has 104 valence electrons. The molecular weight excluding hydrogens is 238 g/mol. The third-order valence-electron chi connectivity index (χ3n) is 4.20. The number of hydrogen-bond donors (Lipinski definition) is 0. The first-order chi connectivity index (χ1) is 8.98. The van der Waals surface area contributed by atoms with Crippen molar-refractivity contribution in [3.63, 3.8) is 0 Å². The lowest BCUT2D eigenvalue weighted by molar-refractivity contribution is -0.123. The van der Waals surface area contributed by atoms with Crippen molar-refractivity contribution in [1.29, 1.82) is 0 Å². The maximum absolute atomic E-state index is 11.9. The van der Waals surface area contributed by atoms with E-state index >= 15 is 0 Å². The number of rotatable bonds is 4. The van der Waals surface area contributed by atoms with E-state index in [9.17, 15) is 4.79 Å². The largest absolute Gasteiger partial charge is 0.496 e. The molecule has 3 nitrogen and oxygen atoms in total. The second-order valence-corrected chi connectivity index (χ2v) is 5.65. The quantitative estimate of drug-likeness (QED) is 0.834. The molecule has 1 aliphatic heterocycles. The van der Waals surface area contributed by atoms with Crippen molar-refractivity contribution in [2.75, 3.05) is 13.7 Å². The monoisotopic (exact) mass is 261 g/mol. The summed E-state index contributed by atoms with van der Waals surface area (Å²) in [7, 11) is 1.70. The maximum atomic E-state index is 11.9. The molecule has 0 amide bonds. The zero-order chi connectivity index (χ0) is 14.0. The number of nitrogens with zero attached hydrogens (tertiary/aromatic N) is 1. The van der Waals surface area contributed by atoms with Crippen molar-refractivity contribution in [3.05, 3.63) is 29.3 Å². The van der Waals surface area contributed by atoms with Gasteiger partial charge in [0.15, 0.2) is 5.78 Å². The standard InChI is InChI=1S/C16H23NO2/c1-5-12-6-7-14(19-4)13(10-12)11-17-9-8-15(18)16(17,2)3/h6-7,10H,5,8-9,11H2,1-4H3. The van der Waals surface area contributed by atoms with E-state index in [1.165, 1.54) is 11.1 Å². The van der Waals surface area contributed by atoms with Crippen LogP contribution in [0.5, 0.6) is 5.75 Å². The second kappa shape index (κ2) is 5.33. The van der Waals surface area contributed by atoms with Crippen LogP contribution >= 0.6 is 0 Å². The number of carbonyl (C=O) groups is 1. The summed E-state index contributed by atoms with van der Waals surface area (Å²) in [6.45, 7) is 7.78. The Morgan fingerprint density at radius 1 is 1.37 bits per heavy atom. The van der Waals surface area contributed by atoms with Gasteiger partial charge >= 0.3 is 0 Å². The van der Waals surface area contributed by atoms with Gasteiger partial charge in [-0.1, -0.05) is 19.1 Å². The topological polar surface area (TPSA) is 29.5 Å². The number of methoxy groups -OCH3 is 1. The van der Waals surface area contributed by atoms with Gasteiger partial charge in [-0.15, -0.1) is 0 Å². The fourth-order valence-corrected chi connectivity index (χ4v) is 2.66. The first kappa shape index (κ1) is 14.1. The fourth-order valence-electron chi connectivity index (χ4n) is 2.66. The SMILES string of the molecule is CCc1ccc(OC)c(CN2CCC(=O)C2(C)C)c1. The van der Waals surface area contributed by atoms with Gasteiger partial charge in [-0.2, -0.15) is 0 Å². The van der Waals surface area contributed by atoms with Crippen LogP contribution in [0.1, 0.15) is 38.3 Å². The second-order valence-electron chi connectivity index (χ2n) is 5.65. The summed E-state index contributed by atoms with van der Waals surface area (Å²) in [4.78, 5) is 14.1. The van der Waals surface area contributed by atoms with Crippen LogP contribution in [-0.2, 0) is 17.8 Å². The van der Waals surface area contributed by atoms with Crippen LogP contribution in [0.15, 0.2) is 18.2 Å². The van der Waals surface area contributed by atoms with Crippen LogP contribution in [-0.4, -0.2) is 29.9 Å². The highest BCUT2D eigenvalue weighted by Gasteiger charge is 2.39. The smallest absolute Gasteiger partial charge is 0.153 e. The average molecular weight is 261 g/mol. The summed E-state index contributed by atoms with van der Waals surface area (Å²) in [5, 5.41) is 0. The fraction of sp³-hybridized carbons (Fsp3) is 0.562. The van der Waals surface area contributed by atoms with Gasteiger partial charge in [-0.05, 0) is 31.9 Å². The highest BCUT2D eigenvalue weighted by molar-refractivity contribution is 5.89. The first-order valence-electron chi connectivity index (χ1n) is 6.93. The molecule has 0 saturated carbocycles. The van der Waals surface area contributed by atoms with E-state index in [4.69, 9.17) is 4.74 Å². The van der Waals surface area contributed by atoms with E-state index in [0.29, 0.717) is 12.2 Å². The molecule has 0 unspecified atom stereocenters. The Balaban J connectivity index is 2.25. The number of hydrogen-bond acceptors (Lipinski definition) is 3. The summed E-state index contributed by atoms with van der Waals surface area (Å²) in [5.74, 6) is 1.24. The van der Waals surface area contributed by atoms with Crippen LogP contribution in [0.4, 0.5) is 0 Å². The minimum Gasteiger partial charge on any atom is -0.496 e. The Morgan fingerprint density at radius 3 is 2.63 bits per heavy atom. The minimum atomic E-state index is -0.354. The van der Waals surface area contributed by atoms with Gasteiger partial charge in [0, 0.05) is 25.1 Å². The van der Waals surface area contributed by atoms with E-state index in [0.717, 1.165) is 25.3 Å². The van der Waals surface area contributed by atoms with E-state index < -0.39 is 0 Å². The summed E-state index contributed by atoms with van der Waals surface area (Å²) >= 11 is 0. The molecule has 0 N–H and O–H groups in total. The van der Waals surface area contributed by atoms with Gasteiger partial charge < -0.3 is 4.74 Å². The molecule has 0 aromatic heterocycles. The lowest BCUT2D eigenvalue weighted by Gasteiger charge is -2.30. The molecule has 0 aliphatic carbocycles. The maximum Gasteiger partial charge on any atom is 0.153 e. The van der Waals surface area contributed by atoms with Crippen LogP contribution in [0, 0.1) is 0 Å². The van der Waals surface area contributed by atoms with Crippen LogP contribution in [0.25, 0.3) is 0 Å². The summed E-state index contributed by atoms with van der Waals surface area (Å²) < 4.78 is 5.44. The Labute approximate surface area is 115 Å². The molecule has 1 saturated heterocycles. The zero-order valence-corrected chi connectivity index (χ0v) is 12.3. The van der Waals surface area contributed by atoms with Crippen LogP contribution < -0.4 is 4.74 Å². The first-order valence-corrected chi connectivity index (χ1v) is 6.93. The molecule has 3 heteroatoms. The van der Waals surface area contributed by atoms with Gasteiger partial charge in [0.05, 0.1) is 12.6 Å². The van der Waals surface area contributed by atoms with Gasteiger partial charge in [-0.3, -0.25) is 9.69 Å². The molecular formula is C16H23NO2. The highest BCUT2D eigenvalue weighted by Crippen LogP contribution is 2.30. The predicted molar refractivity (Wildman–Crippen MR) is 76.5 cm³/mol. The number of Topliss-reactive ketones (excluding diaryl/α,β-unsaturated/α-hetero) is 1. The lowest BCUT2D eigenvalue weighted by atomic mass is 9.99. The van der Waals surface area contributed by atoms with E-state index in [-0.39, 0.29) is 5.54 Å². The Hall–Kier alpha value is -1.35. The summed E-state index contributed by atoms with van der Waals surface area (Å²) in [6, 6.07) is 6.32. The summed E-state index contributed by atoms with van der Waals surface area (Å²) in [6.07, 6.45) is 1.67. The molecule has 1 aromatic rings. The molecule has 1 heterocycles. The van der Waals surface area contributed by atoms with Gasteiger partial charge in [0.25, 0.3) is 0 Å². The normalized spacial score (nSPS) is 18.8. The molecule has 0 spiro atoms. The molecule has 0 atom stereocenters. The Kier molecular flexibility index (Phi) is 3.95. The van der Waals surface area contributed by atoms with E-state index in [1.807, 2.05) is 19.9 Å². The van der Waals surface area contributed by atoms with Gasteiger partial charge in [-0.25, -0.2) is 0 Å². The third kappa shape index (κ3) is 2.66. The molecule has 1 aromatic carbocycles. The van der Waals surface area contributed by atoms with Crippen molar-refractivity contribution in [2.45, 2.75) is 45.7 Å². The van der Waals surface area contributed by atoms with Gasteiger partial charge in [0.1, 0.15) is 5.75 Å². The predicted octanol–water partition coefficient (Wildman–Crippen LogP) is 2.81. The number of aryl methyl sites for hydroxylation is 1. The van der Waals surface area contributed by atoms with Gasteiger partial charge in [0.2, 0.25) is 0 Å². The van der Waals surface area contributed by atoms with E-state index in [1.54, 1.807) is 7.11 Å².